The lowest BCUT2D eigenvalue weighted by Gasteiger charge is -1.99. The number of halogens is 2. The molecule has 3 nitrogen and oxygen atoms in total. The molecule has 2 N–H and O–H groups in total. The van der Waals surface area contributed by atoms with Crippen LogP contribution < -0.4 is 5.73 Å². The van der Waals surface area contributed by atoms with Crippen LogP contribution in [0.15, 0.2) is 37.7 Å². The Balaban J connectivity index is 2.52. The molecule has 5 heteroatoms. The van der Waals surface area contributed by atoms with Gasteiger partial charge in [-0.15, -0.1) is 0 Å². The minimum atomic E-state index is 0.384. The van der Waals surface area contributed by atoms with Gasteiger partial charge in [-0.1, -0.05) is 21.1 Å². The van der Waals surface area contributed by atoms with E-state index < -0.39 is 0 Å². The molecule has 0 aliphatic carbocycles. The summed E-state index contributed by atoms with van der Waals surface area (Å²) in [6.07, 6.45) is 0. The van der Waals surface area contributed by atoms with Crippen molar-refractivity contribution in [3.8, 4) is 11.3 Å². The number of rotatable bonds is 1. The quantitative estimate of drug-likeness (QED) is 0.876. The molecule has 0 saturated carbocycles. The lowest BCUT2D eigenvalue weighted by molar-refractivity contribution is 0.435. The normalized spacial score (nSPS) is 10.4. The monoisotopic (exact) mass is 316 g/mol. The Hall–Kier alpha value is -0.810. The molecule has 0 amide bonds. The van der Waals surface area contributed by atoms with Gasteiger partial charge in [-0.05, 0) is 34.1 Å². The smallest absolute Gasteiger partial charge is 0.170 e. The molecule has 0 bridgehead atoms. The van der Waals surface area contributed by atoms with Crippen molar-refractivity contribution in [2.24, 2.45) is 0 Å². The van der Waals surface area contributed by atoms with Crippen LogP contribution in [0.2, 0.25) is 0 Å². The maximum absolute atomic E-state index is 5.47. The zero-order valence-electron chi connectivity index (χ0n) is 7.00. The summed E-state index contributed by atoms with van der Waals surface area (Å²) in [5.74, 6) is 1.04. The Morgan fingerprint density at radius 1 is 1.21 bits per heavy atom. The molecule has 0 aliphatic rings. The fourth-order valence-corrected chi connectivity index (χ4v) is 2.35. The predicted octanol–water partition coefficient (Wildman–Crippen LogP) is 3.45. The fourth-order valence-electron chi connectivity index (χ4n) is 1.11. The van der Waals surface area contributed by atoms with Crippen molar-refractivity contribution < 1.29 is 4.52 Å². The molecular weight excluding hydrogens is 312 g/mol. The summed E-state index contributed by atoms with van der Waals surface area (Å²) in [6.45, 7) is 0. The van der Waals surface area contributed by atoms with Gasteiger partial charge < -0.3 is 10.3 Å². The number of anilines is 1. The van der Waals surface area contributed by atoms with E-state index in [9.17, 15) is 0 Å². The molecule has 0 unspecified atom stereocenters. The maximum Gasteiger partial charge on any atom is 0.170 e. The number of aromatic nitrogens is 1. The van der Waals surface area contributed by atoms with Crippen LogP contribution in [0.25, 0.3) is 11.3 Å². The zero-order valence-corrected chi connectivity index (χ0v) is 10.2. The third-order valence-electron chi connectivity index (χ3n) is 1.72. The number of hydrogen-bond acceptors (Lipinski definition) is 3. The molecule has 2 rings (SSSR count). The molecule has 0 atom stereocenters. The first-order valence-electron chi connectivity index (χ1n) is 3.84. The van der Waals surface area contributed by atoms with Crippen LogP contribution in [0.1, 0.15) is 0 Å². The number of nitrogens with two attached hydrogens (primary N) is 1. The molecule has 0 aliphatic heterocycles. The number of hydrogen-bond donors (Lipinski definition) is 1. The van der Waals surface area contributed by atoms with E-state index in [1.54, 1.807) is 6.07 Å². The number of nitrogen functional groups attached to an aromatic ring is 1. The molecule has 1 aromatic carbocycles. The Kier molecular flexibility index (Phi) is 2.60. The minimum Gasteiger partial charge on any atom is -0.381 e. The average Bonchev–Trinajstić information content (AvgIpc) is 2.51. The summed E-state index contributed by atoms with van der Waals surface area (Å²) in [5, 5.41) is 3.63. The van der Waals surface area contributed by atoms with Crippen molar-refractivity contribution in [2.75, 3.05) is 5.73 Å². The van der Waals surface area contributed by atoms with Crippen molar-refractivity contribution in [2.45, 2.75) is 0 Å². The first kappa shape index (κ1) is 9.73. The van der Waals surface area contributed by atoms with Gasteiger partial charge in [0.05, 0.1) is 0 Å². The van der Waals surface area contributed by atoms with Crippen LogP contribution in [-0.4, -0.2) is 5.16 Å². The standard InChI is InChI=1S/C9H6Br2N2O/c10-5-1-2-6(7(11)3-5)8-4-9(12)13-14-8/h1-4H,(H2,12,13). The van der Waals surface area contributed by atoms with Gasteiger partial charge >= 0.3 is 0 Å². The Labute approximate surface area is 97.5 Å². The lowest BCUT2D eigenvalue weighted by Crippen LogP contribution is -1.80. The second kappa shape index (κ2) is 3.74. The van der Waals surface area contributed by atoms with E-state index in [-0.39, 0.29) is 0 Å². The summed E-state index contributed by atoms with van der Waals surface area (Å²) in [7, 11) is 0. The first-order valence-corrected chi connectivity index (χ1v) is 5.43. The molecule has 1 aromatic heterocycles. The van der Waals surface area contributed by atoms with Crippen LogP contribution >= 0.6 is 31.9 Å². The fraction of sp³-hybridized carbons (Fsp3) is 0. The third kappa shape index (κ3) is 1.83. The van der Waals surface area contributed by atoms with Crippen molar-refractivity contribution in [3.05, 3.63) is 33.2 Å². The van der Waals surface area contributed by atoms with Gasteiger partial charge in [-0.25, -0.2) is 0 Å². The van der Waals surface area contributed by atoms with E-state index >= 15 is 0 Å². The van der Waals surface area contributed by atoms with E-state index in [1.165, 1.54) is 0 Å². The van der Waals surface area contributed by atoms with E-state index in [2.05, 4.69) is 37.0 Å². The molecule has 14 heavy (non-hydrogen) atoms. The first-order chi connectivity index (χ1) is 6.66. The second-order valence-corrected chi connectivity index (χ2v) is 4.51. The van der Waals surface area contributed by atoms with Crippen LogP contribution in [0.3, 0.4) is 0 Å². The van der Waals surface area contributed by atoms with E-state index in [4.69, 9.17) is 10.3 Å². The summed E-state index contributed by atoms with van der Waals surface area (Å²) < 4.78 is 6.98. The number of nitrogens with zero attached hydrogens (tertiary/aromatic N) is 1. The minimum absolute atomic E-state index is 0.384. The summed E-state index contributed by atoms with van der Waals surface area (Å²) in [5.41, 5.74) is 6.39. The maximum atomic E-state index is 5.47. The van der Waals surface area contributed by atoms with E-state index in [0.717, 1.165) is 14.5 Å². The Morgan fingerprint density at radius 3 is 2.57 bits per heavy atom. The Bertz CT molecular complexity index is 468. The highest BCUT2D eigenvalue weighted by Gasteiger charge is 2.08. The highest BCUT2D eigenvalue weighted by molar-refractivity contribution is 9.11. The van der Waals surface area contributed by atoms with Gasteiger partial charge in [-0.2, -0.15) is 0 Å². The third-order valence-corrected chi connectivity index (χ3v) is 2.87. The van der Waals surface area contributed by atoms with E-state index in [0.29, 0.717) is 11.6 Å². The van der Waals surface area contributed by atoms with Gasteiger partial charge in [0, 0.05) is 20.6 Å². The van der Waals surface area contributed by atoms with Gasteiger partial charge in [0.25, 0.3) is 0 Å². The van der Waals surface area contributed by atoms with Crippen molar-refractivity contribution >= 4 is 37.7 Å². The summed E-state index contributed by atoms with van der Waals surface area (Å²) >= 11 is 6.81. The topological polar surface area (TPSA) is 52.0 Å². The second-order valence-electron chi connectivity index (χ2n) is 2.74. The van der Waals surface area contributed by atoms with Crippen LogP contribution in [0.4, 0.5) is 5.82 Å². The molecule has 2 aromatic rings. The SMILES string of the molecule is Nc1cc(-c2ccc(Br)cc2Br)on1. The van der Waals surface area contributed by atoms with Gasteiger partial charge in [0.1, 0.15) is 0 Å². The molecule has 72 valence electrons. The summed E-state index contributed by atoms with van der Waals surface area (Å²) in [6, 6.07) is 7.48. The van der Waals surface area contributed by atoms with Gasteiger partial charge in [0.2, 0.25) is 0 Å². The van der Waals surface area contributed by atoms with Crippen LogP contribution in [0.5, 0.6) is 0 Å². The van der Waals surface area contributed by atoms with Crippen LogP contribution in [0, 0.1) is 0 Å². The Morgan fingerprint density at radius 2 is 2.00 bits per heavy atom. The van der Waals surface area contributed by atoms with Crippen molar-refractivity contribution in [1.29, 1.82) is 0 Å². The van der Waals surface area contributed by atoms with E-state index in [1.807, 2.05) is 18.2 Å². The zero-order chi connectivity index (χ0) is 10.1. The molecule has 0 fully saturated rings. The molecule has 1 heterocycles. The molecule has 0 radical (unpaired) electrons. The molecule has 0 spiro atoms. The van der Waals surface area contributed by atoms with Crippen molar-refractivity contribution in [1.82, 2.24) is 5.16 Å². The lowest BCUT2D eigenvalue weighted by atomic mass is 10.2. The van der Waals surface area contributed by atoms with Gasteiger partial charge in [0.15, 0.2) is 11.6 Å². The average molecular weight is 318 g/mol. The van der Waals surface area contributed by atoms with Crippen LogP contribution in [-0.2, 0) is 0 Å². The summed E-state index contributed by atoms with van der Waals surface area (Å²) in [4.78, 5) is 0. The van der Waals surface area contributed by atoms with Crippen molar-refractivity contribution in [3.63, 3.8) is 0 Å². The van der Waals surface area contributed by atoms with Gasteiger partial charge in [-0.3, -0.25) is 0 Å². The molecular formula is C9H6Br2N2O. The highest BCUT2D eigenvalue weighted by atomic mass is 79.9. The molecule has 0 saturated heterocycles. The largest absolute Gasteiger partial charge is 0.381 e. The number of benzene rings is 1. The highest BCUT2D eigenvalue weighted by Crippen LogP contribution is 2.31. The predicted molar refractivity (Wildman–Crippen MR) is 61.8 cm³/mol.